The molecule has 0 bridgehead atoms. The number of hydrogen-bond acceptors (Lipinski definition) is 2. The highest BCUT2D eigenvalue weighted by Crippen LogP contribution is 2.23. The Bertz CT molecular complexity index is 574. The van der Waals surface area contributed by atoms with Gasteiger partial charge in [-0.15, -0.1) is 11.8 Å². The minimum Gasteiger partial charge on any atom is -0.324 e. The Morgan fingerprint density at radius 3 is 2.50 bits per heavy atom. The van der Waals surface area contributed by atoms with Crippen LogP contribution < -0.4 is 5.32 Å². The van der Waals surface area contributed by atoms with Gasteiger partial charge in [-0.3, -0.25) is 4.79 Å². The van der Waals surface area contributed by atoms with Gasteiger partial charge in [-0.1, -0.05) is 54.1 Å². The molecule has 2 rings (SSSR count). The van der Waals surface area contributed by atoms with Gasteiger partial charge in [0.25, 0.3) is 0 Å². The van der Waals surface area contributed by atoms with Crippen LogP contribution in [-0.2, 0) is 10.5 Å². The van der Waals surface area contributed by atoms with Crippen molar-refractivity contribution in [2.45, 2.75) is 17.9 Å². The maximum absolute atomic E-state index is 12.1. The average Bonchev–Trinajstić information content (AvgIpc) is 2.48. The van der Waals surface area contributed by atoms with Crippen molar-refractivity contribution in [1.82, 2.24) is 0 Å². The summed E-state index contributed by atoms with van der Waals surface area (Å²) < 4.78 is 0. The maximum Gasteiger partial charge on any atom is 0.237 e. The van der Waals surface area contributed by atoms with E-state index in [4.69, 9.17) is 11.6 Å². The molecule has 1 amide bonds. The summed E-state index contributed by atoms with van der Waals surface area (Å²) in [5.74, 6) is 0.789. The van der Waals surface area contributed by atoms with Crippen molar-refractivity contribution in [3.63, 3.8) is 0 Å². The van der Waals surface area contributed by atoms with Crippen molar-refractivity contribution in [2.75, 3.05) is 5.32 Å². The van der Waals surface area contributed by atoms with Crippen LogP contribution in [0.3, 0.4) is 0 Å². The molecule has 0 unspecified atom stereocenters. The van der Waals surface area contributed by atoms with Crippen LogP contribution >= 0.6 is 23.4 Å². The Morgan fingerprint density at radius 1 is 1.15 bits per heavy atom. The minimum atomic E-state index is -0.133. The molecule has 0 saturated heterocycles. The number of hydrogen-bond donors (Lipinski definition) is 1. The fourth-order valence-corrected chi connectivity index (χ4v) is 2.70. The van der Waals surface area contributed by atoms with Crippen molar-refractivity contribution in [2.24, 2.45) is 0 Å². The lowest BCUT2D eigenvalue weighted by molar-refractivity contribution is -0.115. The van der Waals surface area contributed by atoms with Gasteiger partial charge in [0.1, 0.15) is 0 Å². The van der Waals surface area contributed by atoms with Gasteiger partial charge >= 0.3 is 0 Å². The molecule has 0 aliphatic rings. The highest BCUT2D eigenvalue weighted by molar-refractivity contribution is 7.99. The van der Waals surface area contributed by atoms with Crippen LogP contribution in [0.25, 0.3) is 0 Å². The van der Waals surface area contributed by atoms with Gasteiger partial charge in [0.2, 0.25) is 5.91 Å². The molecule has 1 N–H and O–H groups in total. The van der Waals surface area contributed by atoms with Gasteiger partial charge in [-0.25, -0.2) is 0 Å². The van der Waals surface area contributed by atoms with Crippen LogP contribution in [0.2, 0.25) is 5.02 Å². The van der Waals surface area contributed by atoms with Crippen LogP contribution in [-0.4, -0.2) is 11.2 Å². The number of carbonyl (C=O) groups is 1. The highest BCUT2D eigenvalue weighted by atomic mass is 35.5. The number of thioether (sulfide) groups is 1. The molecular formula is C16H16ClNOS. The van der Waals surface area contributed by atoms with E-state index in [1.807, 2.05) is 37.3 Å². The molecule has 20 heavy (non-hydrogen) atoms. The fourth-order valence-electron chi connectivity index (χ4n) is 1.67. The second-order valence-electron chi connectivity index (χ2n) is 4.41. The van der Waals surface area contributed by atoms with Crippen molar-refractivity contribution in [3.8, 4) is 0 Å². The van der Waals surface area contributed by atoms with Crippen LogP contribution in [0.15, 0.2) is 54.6 Å². The van der Waals surface area contributed by atoms with Crippen molar-refractivity contribution in [3.05, 3.63) is 65.2 Å². The monoisotopic (exact) mass is 305 g/mol. The van der Waals surface area contributed by atoms with E-state index in [1.54, 1.807) is 23.9 Å². The number of nitrogens with one attached hydrogen (secondary N) is 1. The van der Waals surface area contributed by atoms with E-state index in [1.165, 1.54) is 5.56 Å². The molecule has 0 aliphatic carbocycles. The molecule has 2 aromatic carbocycles. The molecule has 104 valence electrons. The number of amides is 1. The maximum atomic E-state index is 12.1. The largest absolute Gasteiger partial charge is 0.324 e. The first kappa shape index (κ1) is 14.9. The normalized spacial score (nSPS) is 11.9. The van der Waals surface area contributed by atoms with Crippen molar-refractivity contribution in [1.29, 1.82) is 0 Å². The molecule has 0 fully saturated rings. The van der Waals surface area contributed by atoms with E-state index in [2.05, 4.69) is 17.4 Å². The van der Waals surface area contributed by atoms with Gasteiger partial charge in [0, 0.05) is 5.75 Å². The lowest BCUT2D eigenvalue weighted by atomic mass is 10.2. The van der Waals surface area contributed by atoms with Crippen molar-refractivity contribution < 1.29 is 4.79 Å². The summed E-state index contributed by atoms with van der Waals surface area (Å²) >= 11 is 7.63. The van der Waals surface area contributed by atoms with Gasteiger partial charge in [0.15, 0.2) is 0 Å². The number of benzene rings is 2. The van der Waals surface area contributed by atoms with Gasteiger partial charge in [-0.2, -0.15) is 0 Å². The average molecular weight is 306 g/mol. The summed E-state index contributed by atoms with van der Waals surface area (Å²) in [6, 6.07) is 17.4. The molecule has 2 nitrogen and oxygen atoms in total. The molecular weight excluding hydrogens is 290 g/mol. The number of halogens is 1. The standard InChI is InChI=1S/C16H16ClNOS/c1-12(20-11-13-7-3-2-4-8-13)16(19)18-15-10-6-5-9-14(15)17/h2-10,12H,11H2,1H3,(H,18,19)/t12-/m0/s1. The first-order chi connectivity index (χ1) is 9.66. The first-order valence-electron chi connectivity index (χ1n) is 6.38. The lowest BCUT2D eigenvalue weighted by Gasteiger charge is -2.12. The molecule has 0 heterocycles. The highest BCUT2D eigenvalue weighted by Gasteiger charge is 2.14. The van der Waals surface area contributed by atoms with Crippen LogP contribution in [0, 0.1) is 0 Å². The number of rotatable bonds is 5. The summed E-state index contributed by atoms with van der Waals surface area (Å²) in [6.45, 7) is 1.90. The zero-order valence-electron chi connectivity index (χ0n) is 11.2. The van der Waals surface area contributed by atoms with Crippen LogP contribution in [0.4, 0.5) is 5.69 Å². The van der Waals surface area contributed by atoms with E-state index in [0.29, 0.717) is 10.7 Å². The van der Waals surface area contributed by atoms with Gasteiger partial charge in [-0.05, 0) is 24.6 Å². The molecule has 0 aliphatic heterocycles. The molecule has 1 atom stereocenters. The number of anilines is 1. The summed E-state index contributed by atoms with van der Waals surface area (Å²) in [5, 5.41) is 3.28. The molecule has 0 aromatic heterocycles. The van der Waals surface area contributed by atoms with E-state index in [0.717, 1.165) is 5.75 Å². The molecule has 0 spiro atoms. The topological polar surface area (TPSA) is 29.1 Å². The summed E-state index contributed by atoms with van der Waals surface area (Å²) in [6.07, 6.45) is 0. The Kier molecular flexibility index (Phi) is 5.50. The molecule has 2 aromatic rings. The first-order valence-corrected chi connectivity index (χ1v) is 7.80. The predicted octanol–water partition coefficient (Wildman–Crippen LogP) is 4.60. The van der Waals surface area contributed by atoms with E-state index < -0.39 is 0 Å². The fraction of sp³-hybridized carbons (Fsp3) is 0.188. The second kappa shape index (κ2) is 7.36. The zero-order valence-corrected chi connectivity index (χ0v) is 12.7. The van der Waals surface area contributed by atoms with E-state index in [9.17, 15) is 4.79 Å². The third-order valence-electron chi connectivity index (χ3n) is 2.84. The number of carbonyl (C=O) groups excluding carboxylic acids is 1. The van der Waals surface area contributed by atoms with Crippen LogP contribution in [0.5, 0.6) is 0 Å². The summed E-state index contributed by atoms with van der Waals surface area (Å²) in [7, 11) is 0. The minimum absolute atomic E-state index is 0.0287. The quantitative estimate of drug-likeness (QED) is 0.874. The second-order valence-corrected chi connectivity index (χ2v) is 6.14. The SMILES string of the molecule is C[C@H](SCc1ccccc1)C(=O)Nc1ccccc1Cl. The third-order valence-corrected chi connectivity index (χ3v) is 4.39. The smallest absolute Gasteiger partial charge is 0.237 e. The van der Waals surface area contributed by atoms with Gasteiger partial charge < -0.3 is 5.32 Å². The Hall–Kier alpha value is -1.45. The van der Waals surface area contributed by atoms with E-state index in [-0.39, 0.29) is 11.2 Å². The Labute approximate surface area is 128 Å². The molecule has 0 radical (unpaired) electrons. The van der Waals surface area contributed by atoms with E-state index >= 15 is 0 Å². The van der Waals surface area contributed by atoms with Crippen molar-refractivity contribution >= 4 is 35.0 Å². The van der Waals surface area contributed by atoms with Gasteiger partial charge in [0.05, 0.1) is 16.0 Å². The molecule has 4 heteroatoms. The summed E-state index contributed by atoms with van der Waals surface area (Å²) in [4.78, 5) is 12.1. The third kappa shape index (κ3) is 4.29. The number of para-hydroxylation sites is 1. The van der Waals surface area contributed by atoms with Crippen LogP contribution in [0.1, 0.15) is 12.5 Å². The Morgan fingerprint density at radius 2 is 1.80 bits per heavy atom. The zero-order chi connectivity index (χ0) is 14.4. The predicted molar refractivity (Wildman–Crippen MR) is 87.3 cm³/mol. The lowest BCUT2D eigenvalue weighted by Crippen LogP contribution is -2.22. The Balaban J connectivity index is 1.88. The molecule has 0 saturated carbocycles. The summed E-state index contributed by atoms with van der Waals surface area (Å²) in [5.41, 5.74) is 1.88.